The Balaban J connectivity index is 2.40. The summed E-state index contributed by atoms with van der Waals surface area (Å²) in [6.45, 7) is 4.84. The monoisotopic (exact) mass is 257 g/mol. The highest BCUT2D eigenvalue weighted by atomic mass is 16.4. The van der Waals surface area contributed by atoms with Gasteiger partial charge in [0, 0.05) is 12.6 Å². The number of likely N-dealkylation sites (N-methyl/N-ethyl adjacent to an activating group) is 1. The van der Waals surface area contributed by atoms with E-state index in [-0.39, 0.29) is 0 Å². The van der Waals surface area contributed by atoms with Crippen molar-refractivity contribution in [3.63, 3.8) is 0 Å². The molecule has 0 aromatic rings. The molecule has 0 aromatic heterocycles. The number of piperidine rings is 1. The molecule has 18 heavy (non-hydrogen) atoms. The Morgan fingerprint density at radius 1 is 1.50 bits per heavy atom. The summed E-state index contributed by atoms with van der Waals surface area (Å²) in [5, 5.41) is 12.1. The van der Waals surface area contributed by atoms with Crippen molar-refractivity contribution >= 4 is 5.97 Å². The summed E-state index contributed by atoms with van der Waals surface area (Å²) in [6, 6.07) is 0.594. The van der Waals surface area contributed by atoms with Crippen LogP contribution in [0.5, 0.6) is 0 Å². The second kappa shape index (κ2) is 6.50. The Hall–Kier alpha value is -0.650. The molecular weight excluding hydrogens is 230 g/mol. The van der Waals surface area contributed by atoms with Gasteiger partial charge in [-0.15, -0.1) is 0 Å². The van der Waals surface area contributed by atoms with E-state index in [1.807, 2.05) is 0 Å². The number of aliphatic carboxylic acids is 1. The number of nitrogens with zero attached hydrogens (tertiary/aromatic N) is 2. The van der Waals surface area contributed by atoms with Crippen LogP contribution in [0, 0.1) is 0 Å². The zero-order chi connectivity index (χ0) is 13.8. The fourth-order valence-electron chi connectivity index (χ4n) is 2.36. The lowest BCUT2D eigenvalue weighted by Gasteiger charge is -2.36. The van der Waals surface area contributed by atoms with E-state index < -0.39 is 11.5 Å². The largest absolute Gasteiger partial charge is 0.480 e. The summed E-state index contributed by atoms with van der Waals surface area (Å²) in [7, 11) is 5.97. The average Bonchev–Trinajstić information content (AvgIpc) is 2.36. The zero-order valence-corrected chi connectivity index (χ0v) is 12.1. The van der Waals surface area contributed by atoms with Crippen LogP contribution in [0.15, 0.2) is 0 Å². The number of hydrogen-bond donors (Lipinski definition) is 2. The molecule has 2 N–H and O–H groups in total. The summed E-state index contributed by atoms with van der Waals surface area (Å²) in [5.74, 6) is -0.776. The molecule has 1 aliphatic rings. The van der Waals surface area contributed by atoms with Crippen LogP contribution in [-0.4, -0.2) is 73.2 Å². The van der Waals surface area contributed by atoms with Crippen LogP contribution in [0.1, 0.15) is 26.2 Å². The fraction of sp³-hybridized carbons (Fsp3) is 0.923. The van der Waals surface area contributed by atoms with Gasteiger partial charge in [-0.1, -0.05) is 0 Å². The second-order valence-electron chi connectivity index (χ2n) is 5.65. The average molecular weight is 257 g/mol. The predicted molar refractivity (Wildman–Crippen MR) is 72.9 cm³/mol. The minimum absolute atomic E-state index is 0.594. The second-order valence-corrected chi connectivity index (χ2v) is 5.65. The van der Waals surface area contributed by atoms with Crippen molar-refractivity contribution in [3.8, 4) is 0 Å². The third-order valence-electron chi connectivity index (χ3n) is 4.30. The van der Waals surface area contributed by atoms with Crippen LogP contribution < -0.4 is 5.32 Å². The lowest BCUT2D eigenvalue weighted by Crippen LogP contribution is -2.50. The lowest BCUT2D eigenvalue weighted by atomic mass is 9.96. The maximum atomic E-state index is 11.2. The van der Waals surface area contributed by atoms with E-state index in [2.05, 4.69) is 29.2 Å². The van der Waals surface area contributed by atoms with Gasteiger partial charge in [-0.3, -0.25) is 4.79 Å². The SMILES string of the molecule is CNC(C)(CCN(C)C1CCN(C)CC1)C(=O)O. The molecule has 0 aliphatic carbocycles. The Morgan fingerprint density at radius 2 is 2.06 bits per heavy atom. The molecule has 5 nitrogen and oxygen atoms in total. The predicted octanol–water partition coefficient (Wildman–Crippen LogP) is 0.465. The first-order valence-electron chi connectivity index (χ1n) is 6.70. The summed E-state index contributed by atoms with van der Waals surface area (Å²) >= 11 is 0. The van der Waals surface area contributed by atoms with Crippen molar-refractivity contribution in [1.29, 1.82) is 0 Å². The van der Waals surface area contributed by atoms with E-state index in [0.29, 0.717) is 12.5 Å². The molecule has 0 radical (unpaired) electrons. The Labute approximate surface area is 110 Å². The molecular formula is C13H27N3O2. The molecule has 1 saturated heterocycles. The maximum absolute atomic E-state index is 11.2. The van der Waals surface area contributed by atoms with Gasteiger partial charge < -0.3 is 20.2 Å². The van der Waals surface area contributed by atoms with Crippen molar-refractivity contribution in [1.82, 2.24) is 15.1 Å². The summed E-state index contributed by atoms with van der Waals surface area (Å²) in [4.78, 5) is 15.9. The number of hydrogen-bond acceptors (Lipinski definition) is 4. The van der Waals surface area contributed by atoms with Crippen LogP contribution >= 0.6 is 0 Å². The molecule has 0 saturated carbocycles. The van der Waals surface area contributed by atoms with Crippen LogP contribution in [0.25, 0.3) is 0 Å². The Kier molecular flexibility index (Phi) is 5.56. The molecule has 0 spiro atoms. The van der Waals surface area contributed by atoms with Gasteiger partial charge in [-0.2, -0.15) is 0 Å². The van der Waals surface area contributed by atoms with Crippen LogP contribution in [0.2, 0.25) is 0 Å². The topological polar surface area (TPSA) is 55.8 Å². The van der Waals surface area contributed by atoms with Gasteiger partial charge in [0.25, 0.3) is 0 Å². The molecule has 1 atom stereocenters. The van der Waals surface area contributed by atoms with Gasteiger partial charge in [-0.25, -0.2) is 0 Å². The quantitative estimate of drug-likeness (QED) is 0.724. The first-order valence-corrected chi connectivity index (χ1v) is 6.70. The van der Waals surface area contributed by atoms with E-state index in [0.717, 1.165) is 19.6 Å². The number of nitrogens with one attached hydrogen (secondary N) is 1. The highest BCUT2D eigenvalue weighted by Gasteiger charge is 2.32. The van der Waals surface area contributed by atoms with Crippen LogP contribution in [0.3, 0.4) is 0 Å². The molecule has 0 bridgehead atoms. The molecule has 1 aliphatic heterocycles. The van der Waals surface area contributed by atoms with Crippen molar-refractivity contribution in [3.05, 3.63) is 0 Å². The van der Waals surface area contributed by atoms with E-state index in [1.165, 1.54) is 12.8 Å². The van der Waals surface area contributed by atoms with E-state index in [9.17, 15) is 9.90 Å². The van der Waals surface area contributed by atoms with Gasteiger partial charge in [-0.05, 0) is 60.4 Å². The number of carbonyl (C=O) groups is 1. The van der Waals surface area contributed by atoms with Gasteiger partial charge >= 0.3 is 5.97 Å². The normalized spacial score (nSPS) is 22.1. The number of likely N-dealkylation sites (tertiary alicyclic amines) is 1. The van der Waals surface area contributed by atoms with Crippen molar-refractivity contribution in [2.45, 2.75) is 37.8 Å². The van der Waals surface area contributed by atoms with E-state index >= 15 is 0 Å². The summed E-state index contributed by atoms with van der Waals surface area (Å²) in [6.07, 6.45) is 2.98. The van der Waals surface area contributed by atoms with Crippen molar-refractivity contribution in [2.24, 2.45) is 0 Å². The minimum Gasteiger partial charge on any atom is -0.480 e. The molecule has 5 heteroatoms. The lowest BCUT2D eigenvalue weighted by molar-refractivity contribution is -0.144. The molecule has 1 unspecified atom stereocenters. The molecule has 1 fully saturated rings. The molecule has 0 aromatic carbocycles. The van der Waals surface area contributed by atoms with Gasteiger partial charge in [0.2, 0.25) is 0 Å². The Bertz CT molecular complexity index is 277. The molecule has 1 rings (SSSR count). The van der Waals surface area contributed by atoms with Gasteiger partial charge in [0.15, 0.2) is 0 Å². The number of carboxylic acid groups (broad SMARTS) is 1. The van der Waals surface area contributed by atoms with E-state index in [4.69, 9.17) is 0 Å². The zero-order valence-electron chi connectivity index (χ0n) is 12.1. The van der Waals surface area contributed by atoms with Crippen LogP contribution in [0.4, 0.5) is 0 Å². The standard InChI is InChI=1S/C13H27N3O2/c1-13(14-2,12(17)18)7-10-16(4)11-5-8-15(3)9-6-11/h11,14H,5-10H2,1-4H3,(H,17,18). The van der Waals surface area contributed by atoms with Crippen LogP contribution in [-0.2, 0) is 4.79 Å². The van der Waals surface area contributed by atoms with Gasteiger partial charge in [0.05, 0.1) is 0 Å². The Morgan fingerprint density at radius 3 is 2.50 bits per heavy atom. The summed E-state index contributed by atoms with van der Waals surface area (Å²) in [5.41, 5.74) is -0.820. The molecule has 106 valence electrons. The fourth-order valence-corrected chi connectivity index (χ4v) is 2.36. The molecule has 0 amide bonds. The highest BCUT2D eigenvalue weighted by Crippen LogP contribution is 2.17. The number of carboxylic acids is 1. The van der Waals surface area contributed by atoms with Crippen molar-refractivity contribution < 1.29 is 9.90 Å². The van der Waals surface area contributed by atoms with E-state index in [1.54, 1.807) is 14.0 Å². The smallest absolute Gasteiger partial charge is 0.323 e. The first kappa shape index (κ1) is 15.4. The highest BCUT2D eigenvalue weighted by molar-refractivity contribution is 5.78. The third kappa shape index (κ3) is 3.93. The molecule has 1 heterocycles. The maximum Gasteiger partial charge on any atom is 0.323 e. The number of rotatable bonds is 6. The van der Waals surface area contributed by atoms with Crippen molar-refractivity contribution in [2.75, 3.05) is 40.8 Å². The first-order chi connectivity index (χ1) is 8.39. The van der Waals surface area contributed by atoms with Gasteiger partial charge in [0.1, 0.15) is 5.54 Å². The minimum atomic E-state index is -0.820. The third-order valence-corrected chi connectivity index (χ3v) is 4.30. The summed E-state index contributed by atoms with van der Waals surface area (Å²) < 4.78 is 0.